The van der Waals surface area contributed by atoms with Crippen molar-refractivity contribution in [2.75, 3.05) is 0 Å². The number of rotatable bonds is 3. The van der Waals surface area contributed by atoms with Crippen molar-refractivity contribution < 1.29 is 14.8 Å². The molecule has 1 saturated carbocycles. The predicted octanol–water partition coefficient (Wildman–Crippen LogP) is 3.27. The van der Waals surface area contributed by atoms with Crippen molar-refractivity contribution in [3.63, 3.8) is 0 Å². The third-order valence-electron chi connectivity index (χ3n) is 5.29. The molecule has 2 aromatic rings. The maximum Gasteiger partial charge on any atom is 0.227 e. The summed E-state index contributed by atoms with van der Waals surface area (Å²) in [6.45, 7) is 0. The van der Waals surface area contributed by atoms with E-state index in [1.165, 1.54) is 32.1 Å². The summed E-state index contributed by atoms with van der Waals surface area (Å²) in [5.74, 6) is 0.918. The molecule has 2 aromatic carbocycles. The molecule has 2 N–H and O–H groups in total. The molecule has 0 bridgehead atoms. The van der Waals surface area contributed by atoms with Crippen LogP contribution in [0.2, 0.25) is 0 Å². The number of hydrogen-bond donors (Lipinski definition) is 1. The number of nitrogens with two attached hydrogens (primary N) is 1. The topological polar surface area (TPSA) is 42.9 Å². The van der Waals surface area contributed by atoms with Gasteiger partial charge in [-0.05, 0) is 43.4 Å². The summed E-state index contributed by atoms with van der Waals surface area (Å²) >= 11 is 0. The molecule has 24 heavy (non-hydrogen) atoms. The number of para-hydroxylation sites is 1. The summed E-state index contributed by atoms with van der Waals surface area (Å²) in [4.78, 5) is 13.2. The van der Waals surface area contributed by atoms with Gasteiger partial charge < -0.3 is 10.1 Å². The second kappa shape index (κ2) is 6.78. The van der Waals surface area contributed by atoms with E-state index in [2.05, 4.69) is 17.4 Å². The van der Waals surface area contributed by atoms with E-state index in [-0.39, 0.29) is 17.9 Å². The van der Waals surface area contributed by atoms with E-state index in [1.807, 2.05) is 42.5 Å². The van der Waals surface area contributed by atoms with Crippen LogP contribution in [0.3, 0.4) is 0 Å². The number of benzene rings is 2. The third kappa shape index (κ3) is 2.96. The summed E-state index contributed by atoms with van der Waals surface area (Å²) < 4.78 is 6.29. The van der Waals surface area contributed by atoms with E-state index in [4.69, 9.17) is 4.74 Å². The number of ketones is 1. The van der Waals surface area contributed by atoms with Crippen LogP contribution >= 0.6 is 0 Å². The maximum atomic E-state index is 13.2. The zero-order valence-electron chi connectivity index (χ0n) is 13.9. The van der Waals surface area contributed by atoms with Crippen molar-refractivity contribution in [1.82, 2.24) is 0 Å². The van der Waals surface area contributed by atoms with Gasteiger partial charge in [-0.25, -0.2) is 0 Å². The van der Waals surface area contributed by atoms with Crippen LogP contribution in [0.4, 0.5) is 0 Å². The molecule has 0 aromatic heterocycles. The maximum absolute atomic E-state index is 13.2. The van der Waals surface area contributed by atoms with Crippen LogP contribution in [0.25, 0.3) is 0 Å². The summed E-state index contributed by atoms with van der Waals surface area (Å²) in [5, 5.41) is 2.29. The van der Waals surface area contributed by atoms with Crippen molar-refractivity contribution >= 4 is 5.78 Å². The molecule has 0 spiro atoms. The molecule has 1 heterocycles. The van der Waals surface area contributed by atoms with E-state index < -0.39 is 0 Å². The molecule has 4 rings (SSSR count). The number of hydrogen-bond acceptors (Lipinski definition) is 2. The Morgan fingerprint density at radius 1 is 0.875 bits per heavy atom. The number of carbonyl (C=O) groups excluding carboxylic acids is 1. The summed E-state index contributed by atoms with van der Waals surface area (Å²) in [6.07, 6.45) is 6.06. The molecule has 0 radical (unpaired) electrons. The second-order valence-electron chi connectivity index (χ2n) is 6.93. The van der Waals surface area contributed by atoms with Gasteiger partial charge in [-0.1, -0.05) is 48.9 Å². The minimum absolute atomic E-state index is 0.189. The van der Waals surface area contributed by atoms with Gasteiger partial charge in [0.05, 0.1) is 11.6 Å². The van der Waals surface area contributed by atoms with E-state index >= 15 is 0 Å². The van der Waals surface area contributed by atoms with Crippen LogP contribution < -0.4 is 10.1 Å². The average molecular weight is 322 g/mol. The fraction of sp³-hybridized carbons (Fsp3) is 0.381. The SMILES string of the molecule is O=C1c2ccccc2O[C@@H](c2ccccc2)[C@@H]1[NH2+]C1CCCCC1. The quantitative estimate of drug-likeness (QED) is 0.942. The summed E-state index contributed by atoms with van der Waals surface area (Å²) in [6, 6.07) is 18.1. The smallest absolute Gasteiger partial charge is 0.227 e. The average Bonchev–Trinajstić information content (AvgIpc) is 2.65. The van der Waals surface area contributed by atoms with Gasteiger partial charge in [-0.15, -0.1) is 0 Å². The summed E-state index contributed by atoms with van der Waals surface area (Å²) in [5.41, 5.74) is 1.80. The Labute approximate surface area is 143 Å². The minimum Gasteiger partial charge on any atom is -0.478 e. The zero-order valence-corrected chi connectivity index (χ0v) is 13.9. The van der Waals surface area contributed by atoms with Gasteiger partial charge in [0, 0.05) is 0 Å². The Bertz CT molecular complexity index is 707. The highest BCUT2D eigenvalue weighted by molar-refractivity contribution is 6.03. The first-order valence-corrected chi connectivity index (χ1v) is 9.03. The first-order chi connectivity index (χ1) is 11.8. The molecule has 2 atom stereocenters. The molecule has 3 nitrogen and oxygen atoms in total. The molecule has 1 fully saturated rings. The number of carbonyl (C=O) groups is 1. The standard InChI is InChI=1S/C21H23NO2/c23-20-17-13-7-8-14-18(17)24-21(15-9-3-1-4-10-15)19(20)22-16-11-5-2-6-12-16/h1,3-4,7-10,13-14,16,19,21-22H,2,5-6,11-12H2/p+1/t19-,21+/m1/s1. The van der Waals surface area contributed by atoms with Crippen LogP contribution in [0.15, 0.2) is 54.6 Å². The molecular formula is C21H24NO2+. The Balaban J connectivity index is 1.67. The van der Waals surface area contributed by atoms with Crippen molar-refractivity contribution in [2.45, 2.75) is 50.3 Å². The van der Waals surface area contributed by atoms with Gasteiger partial charge in [0.15, 0.2) is 12.1 Å². The molecule has 1 aliphatic carbocycles. The Hall–Kier alpha value is -2.13. The monoisotopic (exact) mass is 322 g/mol. The van der Waals surface area contributed by atoms with Gasteiger partial charge in [0.2, 0.25) is 5.78 Å². The zero-order chi connectivity index (χ0) is 16.4. The fourth-order valence-corrected chi connectivity index (χ4v) is 4.03. The van der Waals surface area contributed by atoms with Crippen molar-refractivity contribution in [1.29, 1.82) is 0 Å². The lowest BCUT2D eigenvalue weighted by Crippen LogP contribution is -2.98. The van der Waals surface area contributed by atoms with Gasteiger partial charge in [-0.2, -0.15) is 0 Å². The van der Waals surface area contributed by atoms with Gasteiger partial charge >= 0.3 is 0 Å². The van der Waals surface area contributed by atoms with Crippen LogP contribution in [0, 0.1) is 0 Å². The third-order valence-corrected chi connectivity index (χ3v) is 5.29. The Morgan fingerprint density at radius 2 is 1.58 bits per heavy atom. The number of fused-ring (bicyclic) bond motifs is 1. The van der Waals surface area contributed by atoms with E-state index in [1.54, 1.807) is 0 Å². The number of ether oxygens (including phenoxy) is 1. The molecule has 1 aliphatic heterocycles. The van der Waals surface area contributed by atoms with Crippen LogP contribution in [0.5, 0.6) is 5.75 Å². The van der Waals surface area contributed by atoms with Crippen LogP contribution in [0.1, 0.15) is 54.1 Å². The first-order valence-electron chi connectivity index (χ1n) is 9.03. The summed E-state index contributed by atoms with van der Waals surface area (Å²) in [7, 11) is 0. The van der Waals surface area contributed by atoms with Crippen molar-refractivity contribution in [3.8, 4) is 5.75 Å². The van der Waals surface area contributed by atoms with E-state index in [0.717, 1.165) is 11.1 Å². The number of Topliss-reactive ketones (excluding diaryl/α,β-unsaturated/α-hetero) is 1. The lowest BCUT2D eigenvalue weighted by atomic mass is 9.88. The van der Waals surface area contributed by atoms with Crippen LogP contribution in [-0.2, 0) is 0 Å². The molecule has 0 saturated heterocycles. The molecule has 3 heteroatoms. The lowest BCUT2D eigenvalue weighted by molar-refractivity contribution is -0.717. The highest BCUT2D eigenvalue weighted by Crippen LogP contribution is 2.34. The van der Waals surface area contributed by atoms with E-state index in [0.29, 0.717) is 11.8 Å². The molecular weight excluding hydrogens is 298 g/mol. The van der Waals surface area contributed by atoms with Gasteiger partial charge in [0.25, 0.3) is 0 Å². The first kappa shape index (κ1) is 15.4. The Morgan fingerprint density at radius 3 is 2.38 bits per heavy atom. The van der Waals surface area contributed by atoms with Crippen molar-refractivity contribution in [2.24, 2.45) is 0 Å². The Kier molecular flexibility index (Phi) is 4.35. The fourth-order valence-electron chi connectivity index (χ4n) is 4.03. The predicted molar refractivity (Wildman–Crippen MR) is 93.2 cm³/mol. The lowest BCUT2D eigenvalue weighted by Gasteiger charge is -2.34. The van der Waals surface area contributed by atoms with E-state index in [9.17, 15) is 4.79 Å². The van der Waals surface area contributed by atoms with Gasteiger partial charge in [0.1, 0.15) is 5.75 Å². The van der Waals surface area contributed by atoms with Crippen LogP contribution in [-0.4, -0.2) is 17.9 Å². The van der Waals surface area contributed by atoms with Crippen molar-refractivity contribution in [3.05, 3.63) is 65.7 Å². The van der Waals surface area contributed by atoms with Gasteiger partial charge in [-0.3, -0.25) is 4.79 Å². The second-order valence-corrected chi connectivity index (χ2v) is 6.93. The highest BCUT2D eigenvalue weighted by Gasteiger charge is 2.42. The minimum atomic E-state index is -0.212. The largest absolute Gasteiger partial charge is 0.478 e. The molecule has 0 amide bonds. The normalized spacial score (nSPS) is 24.2. The molecule has 124 valence electrons. The number of quaternary nitrogens is 1. The molecule has 0 unspecified atom stereocenters. The highest BCUT2D eigenvalue weighted by atomic mass is 16.5. The molecule has 2 aliphatic rings.